The van der Waals surface area contributed by atoms with Gasteiger partial charge in [-0.25, -0.2) is 0 Å². The maximum absolute atomic E-state index is 12.5. The molecular weight excluding hydrogens is 724 g/mol. The van der Waals surface area contributed by atoms with E-state index in [1.165, 1.54) is 12.5 Å². The second kappa shape index (κ2) is 16.2. The van der Waals surface area contributed by atoms with Crippen LogP contribution < -0.4 is 0 Å². The van der Waals surface area contributed by atoms with Gasteiger partial charge in [-0.2, -0.15) is 0 Å². The van der Waals surface area contributed by atoms with Gasteiger partial charge in [-0.3, -0.25) is 4.79 Å². The predicted octanol–water partition coefficient (Wildman–Crippen LogP) is 3.13. The normalized spacial score (nSPS) is 49.1. The summed E-state index contributed by atoms with van der Waals surface area (Å²) in [4.78, 5) is 11.8. The van der Waals surface area contributed by atoms with E-state index in [-0.39, 0.29) is 47.2 Å². The van der Waals surface area contributed by atoms with Crippen molar-refractivity contribution in [3.05, 3.63) is 23.3 Å². The van der Waals surface area contributed by atoms with Gasteiger partial charge in [0.05, 0.1) is 31.5 Å². The highest BCUT2D eigenvalue weighted by Gasteiger charge is 2.72. The van der Waals surface area contributed by atoms with Gasteiger partial charge in [0.1, 0.15) is 36.6 Å². The first kappa shape index (κ1) is 44.1. The topological polar surface area (TPSA) is 205 Å². The van der Waals surface area contributed by atoms with E-state index in [4.69, 9.17) is 23.7 Å². The maximum Gasteiger partial charge on any atom is 0.303 e. The number of ether oxygens (including phenoxy) is 5. The van der Waals surface area contributed by atoms with Gasteiger partial charge >= 0.3 is 5.97 Å². The fraction of sp³-hybridized carbons (Fsp3) is 0.884. The fourth-order valence-corrected chi connectivity index (χ4v) is 12.8. The van der Waals surface area contributed by atoms with Crippen LogP contribution in [0, 0.1) is 45.3 Å². The van der Waals surface area contributed by atoms with E-state index in [0.29, 0.717) is 12.8 Å². The molecule has 3 saturated carbocycles. The number of carbonyl (C=O) groups excluding carboxylic acids is 1. The Balaban J connectivity index is 1.32. The van der Waals surface area contributed by atoms with Crippen molar-refractivity contribution in [2.75, 3.05) is 13.2 Å². The summed E-state index contributed by atoms with van der Waals surface area (Å²) >= 11 is 0. The fourth-order valence-electron chi connectivity index (χ4n) is 12.8. The zero-order valence-electron chi connectivity index (χ0n) is 34.8. The number of carbonyl (C=O) groups is 1. The largest absolute Gasteiger partial charge is 0.457 e. The highest BCUT2D eigenvalue weighted by Crippen LogP contribution is 2.75. The average Bonchev–Trinajstić information content (AvgIpc) is 3.34. The number of esters is 1. The first-order valence-corrected chi connectivity index (χ1v) is 20.9. The number of fused-ring (bicyclic) bond motifs is 5. The summed E-state index contributed by atoms with van der Waals surface area (Å²) in [5, 5.41) is 76.1. The lowest BCUT2D eigenvalue weighted by Crippen LogP contribution is -2.63. The number of rotatable bonds is 10. The Morgan fingerprint density at radius 1 is 0.911 bits per heavy atom. The van der Waals surface area contributed by atoms with Gasteiger partial charge in [-0.1, -0.05) is 64.8 Å². The monoisotopic (exact) mass is 794 g/mol. The van der Waals surface area contributed by atoms with Crippen LogP contribution in [0.2, 0.25) is 0 Å². The lowest BCUT2D eigenvalue weighted by atomic mass is 9.38. The molecule has 6 aliphatic rings. The molecule has 0 amide bonds. The van der Waals surface area contributed by atoms with E-state index in [9.17, 15) is 40.5 Å². The molecule has 5 fully saturated rings. The highest BCUT2D eigenvalue weighted by atomic mass is 16.7. The molecule has 56 heavy (non-hydrogen) atoms. The summed E-state index contributed by atoms with van der Waals surface area (Å²) in [6.07, 6.45) is -3.36. The quantitative estimate of drug-likeness (QED) is 0.126. The molecule has 0 aromatic carbocycles. The minimum Gasteiger partial charge on any atom is -0.457 e. The van der Waals surface area contributed by atoms with Crippen LogP contribution in [0.5, 0.6) is 0 Å². The molecule has 320 valence electrons. The van der Waals surface area contributed by atoms with Gasteiger partial charge < -0.3 is 59.4 Å². The summed E-state index contributed by atoms with van der Waals surface area (Å²) < 4.78 is 30.2. The smallest absolute Gasteiger partial charge is 0.303 e. The summed E-state index contributed by atoms with van der Waals surface area (Å²) in [7, 11) is 0. The molecule has 0 aromatic heterocycles. The van der Waals surface area contributed by atoms with Crippen molar-refractivity contribution in [1.82, 2.24) is 0 Å². The molecule has 0 bridgehead atoms. The maximum atomic E-state index is 12.5. The Morgan fingerprint density at radius 2 is 1.59 bits per heavy atom. The van der Waals surface area contributed by atoms with Crippen LogP contribution >= 0.6 is 0 Å². The van der Waals surface area contributed by atoms with Gasteiger partial charge in [0.2, 0.25) is 0 Å². The lowest BCUT2D eigenvalue weighted by Gasteiger charge is -2.67. The number of hydrogen-bond acceptors (Lipinski definition) is 13. The molecule has 0 spiro atoms. The van der Waals surface area contributed by atoms with Gasteiger partial charge in [-0.15, -0.1) is 0 Å². The average molecular weight is 795 g/mol. The molecule has 6 rings (SSSR count). The van der Waals surface area contributed by atoms with Crippen LogP contribution in [0.3, 0.4) is 0 Å². The Kier molecular flexibility index (Phi) is 12.7. The lowest BCUT2D eigenvalue weighted by molar-refractivity contribution is -0.317. The number of aliphatic hydroxyl groups is 7. The van der Waals surface area contributed by atoms with Crippen molar-refractivity contribution in [3.8, 4) is 0 Å². The van der Waals surface area contributed by atoms with Crippen molar-refractivity contribution in [2.45, 2.75) is 181 Å². The summed E-state index contributed by atoms with van der Waals surface area (Å²) in [6, 6.07) is 0. The van der Waals surface area contributed by atoms with E-state index < -0.39 is 90.9 Å². The van der Waals surface area contributed by atoms with Gasteiger partial charge in [0.25, 0.3) is 0 Å². The van der Waals surface area contributed by atoms with E-state index in [0.717, 1.165) is 37.7 Å². The van der Waals surface area contributed by atoms with Crippen LogP contribution in [0.15, 0.2) is 23.3 Å². The molecule has 7 N–H and O–H groups in total. The Hall–Kier alpha value is -1.49. The standard InChI is InChI=1S/C43H70O13/c1-21(2)11-10-12-22(3)31-28(54-39-35(51)33(49)36(53-23(4)45)29(19-44)55-39)18-43(9)37-26(46)17-25-24(41(37,7)15-16-42(31,43)8)13-14-30(40(25,5)6)56-38-34(50)32(48)27(47)20-52-38/h11,17,22,24,26-39,44,46-51H,10,12-16,18-20H2,1-9H3/t22?,24-,26-,27+,28+,29-,30+,31+,32-,33+,34?,35-,36+,37-,38-,39+,41+,42-,43+/m0/s1. The minimum absolute atomic E-state index is 0.00303. The van der Waals surface area contributed by atoms with E-state index in [1.807, 2.05) is 6.08 Å². The molecule has 13 nitrogen and oxygen atoms in total. The van der Waals surface area contributed by atoms with Gasteiger partial charge in [0, 0.05) is 18.3 Å². The molecular formula is C43H70O13. The summed E-state index contributed by atoms with van der Waals surface area (Å²) in [6.45, 7) is 18.2. The molecule has 0 radical (unpaired) electrons. The zero-order chi connectivity index (χ0) is 41.3. The molecule has 2 unspecified atom stereocenters. The van der Waals surface area contributed by atoms with Crippen LogP contribution in [0.4, 0.5) is 0 Å². The highest BCUT2D eigenvalue weighted by molar-refractivity contribution is 5.66. The Bertz CT molecular complexity index is 1480. The molecule has 2 saturated heterocycles. The van der Waals surface area contributed by atoms with Crippen molar-refractivity contribution in [2.24, 2.45) is 45.3 Å². The number of hydrogen-bond donors (Lipinski definition) is 7. The van der Waals surface area contributed by atoms with E-state index >= 15 is 0 Å². The third-order valence-electron chi connectivity index (χ3n) is 15.7. The number of allylic oxidation sites excluding steroid dienone is 2. The second-order valence-electron chi connectivity index (χ2n) is 19.7. The third kappa shape index (κ3) is 7.37. The van der Waals surface area contributed by atoms with Crippen molar-refractivity contribution < 1.29 is 64.2 Å². The van der Waals surface area contributed by atoms with Gasteiger partial charge in [0.15, 0.2) is 18.7 Å². The van der Waals surface area contributed by atoms with Gasteiger partial charge in [-0.05, 0) is 92.8 Å². The molecule has 4 aliphatic carbocycles. The van der Waals surface area contributed by atoms with Crippen molar-refractivity contribution in [1.29, 1.82) is 0 Å². The first-order valence-electron chi connectivity index (χ1n) is 20.9. The van der Waals surface area contributed by atoms with Crippen LogP contribution in [-0.2, 0) is 28.5 Å². The van der Waals surface area contributed by atoms with E-state index in [1.54, 1.807) is 0 Å². The predicted molar refractivity (Wildman–Crippen MR) is 204 cm³/mol. The second-order valence-corrected chi connectivity index (χ2v) is 19.7. The SMILES string of the molecule is CC(=O)O[C@H]1[C@H](O)[C@H](O)[C@H](O[C@@H]2C[C@]3(C)[C@H]4[C@@H](O)C=C5[C@H](CC[C@@H](O[C@@H]6OC[C@@H](O)[C@H](O)C6O)C5(C)C)[C@@]4(C)CC[C@@]3(C)[C@@H]2C(C)CCC=C(C)C)O[C@H]1CO. The van der Waals surface area contributed by atoms with E-state index in [2.05, 4.69) is 61.5 Å². The summed E-state index contributed by atoms with van der Waals surface area (Å²) in [5.74, 6) is -0.467. The number of aliphatic hydroxyl groups excluding tert-OH is 7. The Morgan fingerprint density at radius 3 is 2.23 bits per heavy atom. The van der Waals surface area contributed by atoms with Crippen LogP contribution in [-0.4, -0.2) is 129 Å². The third-order valence-corrected chi connectivity index (χ3v) is 15.7. The van der Waals surface area contributed by atoms with Crippen LogP contribution in [0.25, 0.3) is 0 Å². The Labute approximate surface area is 332 Å². The minimum atomic E-state index is -1.53. The molecule has 2 aliphatic heterocycles. The van der Waals surface area contributed by atoms with Crippen molar-refractivity contribution >= 4 is 5.97 Å². The van der Waals surface area contributed by atoms with Crippen molar-refractivity contribution in [3.63, 3.8) is 0 Å². The molecule has 19 atom stereocenters. The zero-order valence-corrected chi connectivity index (χ0v) is 34.8. The molecule has 2 heterocycles. The summed E-state index contributed by atoms with van der Waals surface area (Å²) in [5.41, 5.74) is 0.840. The molecule has 13 heteroatoms. The first-order chi connectivity index (χ1) is 26.1. The van der Waals surface area contributed by atoms with Crippen LogP contribution in [0.1, 0.15) is 107 Å². The molecule has 0 aromatic rings.